The van der Waals surface area contributed by atoms with Crippen LogP contribution in [0, 0.1) is 19.3 Å². The van der Waals surface area contributed by atoms with Gasteiger partial charge in [0.05, 0.1) is 17.1 Å². The molecule has 5 rings (SSSR count). The molecule has 49 heavy (non-hydrogen) atoms. The van der Waals surface area contributed by atoms with E-state index in [2.05, 4.69) is 175 Å². The highest BCUT2D eigenvalue weighted by Crippen LogP contribution is 2.41. The lowest BCUT2D eigenvalue weighted by molar-refractivity contribution is 0.515. The van der Waals surface area contributed by atoms with Crippen molar-refractivity contribution in [3.63, 3.8) is 0 Å². The van der Waals surface area contributed by atoms with Gasteiger partial charge in [-0.1, -0.05) is 107 Å². The predicted octanol–water partition coefficient (Wildman–Crippen LogP) is 12.0. The van der Waals surface area contributed by atoms with E-state index in [0.717, 1.165) is 28.3 Å². The Bertz CT molecular complexity index is 1950. The first-order valence-electron chi connectivity index (χ1n) is 17.7. The van der Waals surface area contributed by atoms with E-state index in [4.69, 9.17) is 9.97 Å². The third-order valence-corrected chi connectivity index (χ3v) is 9.65. The maximum Gasteiger partial charge on any atom is 0.0867 e. The SMILES string of the molecule is Cc1cccc(C)c1C(=C1C=C(C(C)(C)C)C=C(c2cc(C(C)(C)C)ccn2)N1)c1cc(-c2cc(C(C)(C)C)ccn2)cc(C(C)(C)C)c1. The van der Waals surface area contributed by atoms with E-state index >= 15 is 0 Å². The summed E-state index contributed by atoms with van der Waals surface area (Å²) in [7, 11) is 0. The molecule has 256 valence electrons. The fraction of sp³-hybridized carbons (Fsp3) is 0.391. The Hall–Kier alpha value is -4.24. The molecule has 0 fully saturated rings. The topological polar surface area (TPSA) is 37.8 Å². The fourth-order valence-corrected chi connectivity index (χ4v) is 6.37. The molecule has 1 aliphatic heterocycles. The Morgan fingerprint density at radius 3 is 1.61 bits per heavy atom. The van der Waals surface area contributed by atoms with Crippen LogP contribution >= 0.6 is 0 Å². The molecule has 0 amide bonds. The van der Waals surface area contributed by atoms with Crippen LogP contribution < -0.4 is 5.32 Å². The lowest BCUT2D eigenvalue weighted by Gasteiger charge is -2.30. The van der Waals surface area contributed by atoms with Gasteiger partial charge in [0.25, 0.3) is 0 Å². The van der Waals surface area contributed by atoms with Crippen molar-refractivity contribution in [3.05, 3.63) is 141 Å². The van der Waals surface area contributed by atoms with Crippen LogP contribution in [0.15, 0.2) is 96.5 Å². The molecular weight excluding hydrogens is 595 g/mol. The van der Waals surface area contributed by atoms with Crippen LogP contribution in [-0.2, 0) is 16.2 Å². The number of benzene rings is 2. The molecule has 4 aromatic rings. The second kappa shape index (κ2) is 12.9. The zero-order chi connectivity index (χ0) is 36.1. The number of dihydropyridines is 1. The molecule has 2 aromatic carbocycles. The number of nitrogens with zero attached hydrogens (tertiary/aromatic N) is 2. The summed E-state index contributed by atoms with van der Waals surface area (Å²) >= 11 is 0. The van der Waals surface area contributed by atoms with Gasteiger partial charge >= 0.3 is 0 Å². The highest BCUT2D eigenvalue weighted by Gasteiger charge is 2.27. The molecule has 3 heteroatoms. The standard InChI is InChI=1S/C46H57N3/c1-29-16-15-17-30(2)41(29)42(32-22-31(23-35(24-32)45(9,10)11)37-25-33(18-20-47-37)43(3,4)5)40-28-36(46(12,13)14)27-39(49-40)38-26-34(19-21-48-38)44(6,7)8/h15-28,49H,1-14H3. The van der Waals surface area contributed by atoms with Crippen LogP contribution in [0.5, 0.6) is 0 Å². The summed E-state index contributed by atoms with van der Waals surface area (Å²) in [6.07, 6.45) is 8.56. The Morgan fingerprint density at radius 2 is 1.08 bits per heavy atom. The van der Waals surface area contributed by atoms with E-state index in [9.17, 15) is 0 Å². The van der Waals surface area contributed by atoms with Gasteiger partial charge in [-0.15, -0.1) is 0 Å². The van der Waals surface area contributed by atoms with Crippen LogP contribution in [0.2, 0.25) is 0 Å². The number of aryl methyl sites for hydroxylation is 2. The number of rotatable bonds is 4. The van der Waals surface area contributed by atoms with Crippen molar-refractivity contribution in [1.29, 1.82) is 0 Å². The third kappa shape index (κ3) is 7.99. The monoisotopic (exact) mass is 651 g/mol. The van der Waals surface area contributed by atoms with Gasteiger partial charge in [0, 0.05) is 29.2 Å². The van der Waals surface area contributed by atoms with E-state index in [1.54, 1.807) is 0 Å². The Kier molecular flexibility index (Phi) is 9.49. The molecule has 0 saturated heterocycles. The minimum Gasteiger partial charge on any atom is -0.353 e. The zero-order valence-electron chi connectivity index (χ0n) is 32.5. The van der Waals surface area contributed by atoms with Crippen LogP contribution in [0.1, 0.15) is 128 Å². The van der Waals surface area contributed by atoms with E-state index in [0.29, 0.717) is 0 Å². The maximum atomic E-state index is 4.93. The zero-order valence-corrected chi connectivity index (χ0v) is 32.5. The normalized spacial score (nSPS) is 15.4. The van der Waals surface area contributed by atoms with Crippen molar-refractivity contribution in [1.82, 2.24) is 15.3 Å². The molecule has 3 nitrogen and oxygen atoms in total. The average molecular weight is 652 g/mol. The largest absolute Gasteiger partial charge is 0.353 e. The van der Waals surface area contributed by atoms with Gasteiger partial charge in [-0.25, -0.2) is 0 Å². The van der Waals surface area contributed by atoms with Crippen molar-refractivity contribution in [3.8, 4) is 11.3 Å². The van der Waals surface area contributed by atoms with Crippen LogP contribution in [-0.4, -0.2) is 9.97 Å². The minimum atomic E-state index is -0.0815. The number of aromatic nitrogens is 2. The first kappa shape index (κ1) is 36.1. The maximum absolute atomic E-state index is 4.93. The quantitative estimate of drug-likeness (QED) is 0.239. The van der Waals surface area contributed by atoms with Gasteiger partial charge in [0.2, 0.25) is 0 Å². The van der Waals surface area contributed by atoms with E-state index in [1.165, 1.54) is 50.1 Å². The molecule has 0 atom stereocenters. The molecule has 0 saturated carbocycles. The Morgan fingerprint density at radius 1 is 0.551 bits per heavy atom. The summed E-state index contributed by atoms with van der Waals surface area (Å²) in [4.78, 5) is 9.84. The highest BCUT2D eigenvalue weighted by atomic mass is 14.9. The van der Waals surface area contributed by atoms with E-state index in [-0.39, 0.29) is 21.7 Å². The summed E-state index contributed by atoms with van der Waals surface area (Å²) in [6, 6.07) is 22.5. The molecule has 1 aliphatic rings. The van der Waals surface area contributed by atoms with Gasteiger partial charge < -0.3 is 5.32 Å². The van der Waals surface area contributed by atoms with Crippen LogP contribution in [0.4, 0.5) is 0 Å². The molecule has 2 aromatic heterocycles. The Labute approximate surface area is 296 Å². The van der Waals surface area contributed by atoms with Crippen molar-refractivity contribution < 1.29 is 0 Å². The summed E-state index contributed by atoms with van der Waals surface area (Å²) in [6.45, 7) is 31.8. The van der Waals surface area contributed by atoms with Crippen molar-refractivity contribution in [2.45, 2.75) is 113 Å². The molecule has 1 N–H and O–H groups in total. The van der Waals surface area contributed by atoms with E-state index < -0.39 is 0 Å². The smallest absolute Gasteiger partial charge is 0.0867 e. The first-order chi connectivity index (χ1) is 22.6. The molecule has 0 radical (unpaired) electrons. The van der Waals surface area contributed by atoms with Gasteiger partial charge in [0.15, 0.2) is 0 Å². The summed E-state index contributed by atoms with van der Waals surface area (Å²) in [5, 5.41) is 3.93. The van der Waals surface area contributed by atoms with E-state index in [1.807, 2.05) is 12.4 Å². The van der Waals surface area contributed by atoms with Gasteiger partial charge in [-0.05, 0) is 129 Å². The summed E-state index contributed by atoms with van der Waals surface area (Å²) in [5.41, 5.74) is 16.2. The molecule has 0 unspecified atom stereocenters. The van der Waals surface area contributed by atoms with Crippen molar-refractivity contribution in [2.24, 2.45) is 5.41 Å². The van der Waals surface area contributed by atoms with Crippen molar-refractivity contribution in [2.75, 3.05) is 0 Å². The second-order valence-corrected chi connectivity index (χ2v) is 18.0. The predicted molar refractivity (Wildman–Crippen MR) is 211 cm³/mol. The number of nitrogens with one attached hydrogen (secondary N) is 1. The van der Waals surface area contributed by atoms with Gasteiger partial charge in [-0.2, -0.15) is 0 Å². The third-order valence-electron chi connectivity index (χ3n) is 9.65. The lowest BCUT2D eigenvalue weighted by atomic mass is 9.79. The number of hydrogen-bond donors (Lipinski definition) is 1. The second-order valence-electron chi connectivity index (χ2n) is 18.0. The fourth-order valence-electron chi connectivity index (χ4n) is 6.37. The van der Waals surface area contributed by atoms with Gasteiger partial charge in [-0.3, -0.25) is 9.97 Å². The Balaban J connectivity index is 1.86. The summed E-state index contributed by atoms with van der Waals surface area (Å²) in [5.74, 6) is 0. The molecule has 3 heterocycles. The minimum absolute atomic E-state index is 0.0137. The number of pyridine rings is 2. The average Bonchev–Trinajstić information content (AvgIpc) is 3.01. The van der Waals surface area contributed by atoms with Crippen LogP contribution in [0.3, 0.4) is 0 Å². The van der Waals surface area contributed by atoms with Crippen molar-refractivity contribution >= 4 is 11.3 Å². The first-order valence-corrected chi connectivity index (χ1v) is 17.7. The number of hydrogen-bond acceptors (Lipinski definition) is 3. The molecule has 0 bridgehead atoms. The number of allylic oxidation sites excluding steroid dienone is 3. The molecular formula is C46H57N3. The van der Waals surface area contributed by atoms with Crippen LogP contribution in [0.25, 0.3) is 22.5 Å². The lowest BCUT2D eigenvalue weighted by Crippen LogP contribution is -2.22. The molecule has 0 aliphatic carbocycles. The highest BCUT2D eigenvalue weighted by molar-refractivity contribution is 5.90. The molecule has 0 spiro atoms. The summed E-state index contributed by atoms with van der Waals surface area (Å²) < 4.78 is 0. The van der Waals surface area contributed by atoms with Gasteiger partial charge in [0.1, 0.15) is 0 Å².